The molecule has 3 unspecified atom stereocenters. The highest BCUT2D eigenvalue weighted by Crippen LogP contribution is 2.12. The molecule has 17 heavy (non-hydrogen) atoms. The van der Waals surface area contributed by atoms with E-state index in [-0.39, 0.29) is 6.04 Å². The van der Waals surface area contributed by atoms with Gasteiger partial charge in [0.2, 0.25) is 0 Å². The number of hydrogen-bond donors (Lipinski definition) is 1. The molecule has 0 aromatic rings. The molecule has 0 radical (unpaired) electrons. The maximum Gasteiger partial charge on any atom is 0.0967 e. The molecule has 1 fully saturated rings. The van der Waals surface area contributed by atoms with Crippen LogP contribution in [0.1, 0.15) is 34.1 Å². The molecular weight excluding hydrogens is 214 g/mol. The predicted molar refractivity (Wildman–Crippen MR) is 68.7 cm³/mol. The summed E-state index contributed by atoms with van der Waals surface area (Å²) in [5, 5.41) is 12.3. The summed E-state index contributed by atoms with van der Waals surface area (Å²) in [6, 6.07) is 3.11. The van der Waals surface area contributed by atoms with Crippen molar-refractivity contribution in [3.05, 3.63) is 0 Å². The van der Waals surface area contributed by atoms with E-state index in [1.54, 1.807) is 0 Å². The number of nitrogens with one attached hydrogen (secondary N) is 1. The molecule has 98 valence electrons. The van der Waals surface area contributed by atoms with Crippen LogP contribution in [-0.2, 0) is 4.74 Å². The number of rotatable bonds is 5. The molecule has 0 saturated carbocycles. The minimum Gasteiger partial charge on any atom is -0.376 e. The first-order chi connectivity index (χ1) is 8.02. The smallest absolute Gasteiger partial charge is 0.0967 e. The summed E-state index contributed by atoms with van der Waals surface area (Å²) >= 11 is 0. The van der Waals surface area contributed by atoms with Crippen molar-refractivity contribution in [2.45, 2.75) is 58.3 Å². The molecule has 1 aliphatic heterocycles. The summed E-state index contributed by atoms with van der Waals surface area (Å²) in [5.41, 5.74) is 0. The standard InChI is InChI=1S/C13H25N3O/c1-10(2)15-13(7-14)5-6-16-8-12(4)17-9-11(16)3/h10-13,15H,5-6,8-9H2,1-4H3. The Labute approximate surface area is 105 Å². The number of ether oxygens (including phenoxy) is 1. The number of nitrogens with zero attached hydrogens (tertiary/aromatic N) is 2. The molecule has 1 rings (SSSR count). The highest BCUT2D eigenvalue weighted by molar-refractivity contribution is 4.91. The van der Waals surface area contributed by atoms with Crippen LogP contribution >= 0.6 is 0 Å². The number of nitriles is 1. The fourth-order valence-corrected chi connectivity index (χ4v) is 2.17. The van der Waals surface area contributed by atoms with E-state index in [2.05, 4.69) is 44.0 Å². The molecule has 4 nitrogen and oxygen atoms in total. The Morgan fingerprint density at radius 2 is 2.18 bits per heavy atom. The van der Waals surface area contributed by atoms with Gasteiger partial charge in [0.25, 0.3) is 0 Å². The minimum absolute atomic E-state index is 0.0413. The highest BCUT2D eigenvalue weighted by atomic mass is 16.5. The molecule has 0 aromatic carbocycles. The molecule has 0 aromatic heterocycles. The Kier molecular flexibility index (Phi) is 5.90. The average molecular weight is 239 g/mol. The molecule has 0 aliphatic carbocycles. The van der Waals surface area contributed by atoms with Gasteiger partial charge in [-0.1, -0.05) is 0 Å². The fraction of sp³-hybridized carbons (Fsp3) is 0.923. The summed E-state index contributed by atoms with van der Waals surface area (Å²) in [6.07, 6.45) is 1.19. The second kappa shape index (κ2) is 6.95. The van der Waals surface area contributed by atoms with E-state index < -0.39 is 0 Å². The van der Waals surface area contributed by atoms with Crippen LogP contribution in [0.15, 0.2) is 0 Å². The minimum atomic E-state index is -0.0413. The van der Waals surface area contributed by atoms with Crippen LogP contribution < -0.4 is 5.32 Å². The Balaban J connectivity index is 2.35. The van der Waals surface area contributed by atoms with E-state index >= 15 is 0 Å². The van der Waals surface area contributed by atoms with Gasteiger partial charge in [0.05, 0.1) is 24.8 Å². The zero-order valence-corrected chi connectivity index (χ0v) is 11.4. The van der Waals surface area contributed by atoms with Crippen LogP contribution in [0, 0.1) is 11.3 Å². The zero-order valence-electron chi connectivity index (χ0n) is 11.4. The lowest BCUT2D eigenvalue weighted by atomic mass is 10.1. The summed E-state index contributed by atoms with van der Waals surface area (Å²) in [6.45, 7) is 11.2. The Morgan fingerprint density at radius 3 is 2.76 bits per heavy atom. The third-order valence-corrected chi connectivity index (χ3v) is 3.13. The molecule has 0 amide bonds. The van der Waals surface area contributed by atoms with Crippen molar-refractivity contribution in [3.8, 4) is 6.07 Å². The topological polar surface area (TPSA) is 48.3 Å². The van der Waals surface area contributed by atoms with Crippen molar-refractivity contribution >= 4 is 0 Å². The van der Waals surface area contributed by atoms with Crippen LogP contribution in [0.5, 0.6) is 0 Å². The van der Waals surface area contributed by atoms with E-state index in [0.29, 0.717) is 18.2 Å². The Morgan fingerprint density at radius 1 is 1.47 bits per heavy atom. The van der Waals surface area contributed by atoms with Crippen LogP contribution in [-0.4, -0.2) is 48.8 Å². The monoisotopic (exact) mass is 239 g/mol. The van der Waals surface area contributed by atoms with Gasteiger partial charge in [-0.15, -0.1) is 0 Å². The van der Waals surface area contributed by atoms with Gasteiger partial charge in [-0.05, 0) is 34.1 Å². The average Bonchev–Trinajstić information content (AvgIpc) is 2.28. The lowest BCUT2D eigenvalue weighted by Gasteiger charge is -2.37. The van der Waals surface area contributed by atoms with Crippen molar-refractivity contribution in [2.75, 3.05) is 19.7 Å². The number of morpholine rings is 1. The number of hydrogen-bond acceptors (Lipinski definition) is 4. The van der Waals surface area contributed by atoms with Gasteiger partial charge < -0.3 is 4.74 Å². The van der Waals surface area contributed by atoms with E-state index in [1.165, 1.54) is 0 Å². The predicted octanol–water partition coefficient (Wildman–Crippen LogP) is 1.38. The van der Waals surface area contributed by atoms with E-state index in [1.807, 2.05) is 0 Å². The fourth-order valence-electron chi connectivity index (χ4n) is 2.17. The zero-order chi connectivity index (χ0) is 12.8. The molecule has 0 spiro atoms. The highest BCUT2D eigenvalue weighted by Gasteiger charge is 2.23. The van der Waals surface area contributed by atoms with Crippen molar-refractivity contribution in [2.24, 2.45) is 0 Å². The molecular formula is C13H25N3O. The van der Waals surface area contributed by atoms with E-state index in [4.69, 9.17) is 10.00 Å². The molecule has 1 N–H and O–H groups in total. The largest absolute Gasteiger partial charge is 0.376 e. The van der Waals surface area contributed by atoms with E-state index in [9.17, 15) is 0 Å². The molecule has 1 heterocycles. The summed E-state index contributed by atoms with van der Waals surface area (Å²) in [7, 11) is 0. The van der Waals surface area contributed by atoms with Crippen molar-refractivity contribution in [1.29, 1.82) is 5.26 Å². The molecule has 0 bridgehead atoms. The molecule has 1 aliphatic rings. The first-order valence-corrected chi connectivity index (χ1v) is 6.54. The van der Waals surface area contributed by atoms with Crippen molar-refractivity contribution < 1.29 is 4.74 Å². The van der Waals surface area contributed by atoms with E-state index in [0.717, 1.165) is 26.1 Å². The van der Waals surface area contributed by atoms with Gasteiger partial charge in [0, 0.05) is 25.2 Å². The van der Waals surface area contributed by atoms with Crippen LogP contribution in [0.25, 0.3) is 0 Å². The molecule has 4 heteroatoms. The van der Waals surface area contributed by atoms with Gasteiger partial charge >= 0.3 is 0 Å². The van der Waals surface area contributed by atoms with Crippen molar-refractivity contribution in [3.63, 3.8) is 0 Å². The second-order valence-corrected chi connectivity index (χ2v) is 5.28. The maximum atomic E-state index is 9.07. The lowest BCUT2D eigenvalue weighted by Crippen LogP contribution is -2.48. The normalized spacial score (nSPS) is 28.0. The van der Waals surface area contributed by atoms with Gasteiger partial charge in [-0.2, -0.15) is 5.26 Å². The first-order valence-electron chi connectivity index (χ1n) is 6.54. The summed E-state index contributed by atoms with van der Waals surface area (Å²) in [4.78, 5) is 2.42. The SMILES string of the molecule is CC(C)NC(C#N)CCN1CC(C)OCC1C. The third kappa shape index (κ3) is 5.03. The Bertz CT molecular complexity index is 262. The van der Waals surface area contributed by atoms with Crippen LogP contribution in [0.2, 0.25) is 0 Å². The quantitative estimate of drug-likeness (QED) is 0.787. The maximum absolute atomic E-state index is 9.07. The van der Waals surface area contributed by atoms with Gasteiger partial charge in [0.1, 0.15) is 0 Å². The molecule has 3 atom stereocenters. The van der Waals surface area contributed by atoms with Crippen LogP contribution in [0.4, 0.5) is 0 Å². The Hall–Kier alpha value is -0.630. The van der Waals surface area contributed by atoms with Gasteiger partial charge in [-0.25, -0.2) is 0 Å². The van der Waals surface area contributed by atoms with Crippen LogP contribution in [0.3, 0.4) is 0 Å². The molecule has 1 saturated heterocycles. The van der Waals surface area contributed by atoms with Gasteiger partial charge in [-0.3, -0.25) is 10.2 Å². The summed E-state index contributed by atoms with van der Waals surface area (Å²) in [5.74, 6) is 0. The lowest BCUT2D eigenvalue weighted by molar-refractivity contribution is -0.0498. The van der Waals surface area contributed by atoms with Crippen molar-refractivity contribution in [1.82, 2.24) is 10.2 Å². The van der Waals surface area contributed by atoms with Gasteiger partial charge in [0.15, 0.2) is 0 Å². The summed E-state index contributed by atoms with van der Waals surface area (Å²) < 4.78 is 5.60. The first kappa shape index (κ1) is 14.4. The second-order valence-electron chi connectivity index (χ2n) is 5.28. The third-order valence-electron chi connectivity index (χ3n) is 3.13.